The summed E-state index contributed by atoms with van der Waals surface area (Å²) in [7, 11) is 0. The molecule has 0 bridgehead atoms. The lowest BCUT2D eigenvalue weighted by Gasteiger charge is -2.62. The number of nitrogens with zero attached hydrogens (tertiary/aromatic N) is 2. The highest BCUT2D eigenvalue weighted by Crippen LogP contribution is 2.60. The number of morpholine rings is 1. The Morgan fingerprint density at radius 1 is 0.765 bits per heavy atom. The molecule has 0 saturated carbocycles. The zero-order valence-corrected chi connectivity index (χ0v) is 34.2. The summed E-state index contributed by atoms with van der Waals surface area (Å²) in [4.78, 5) is 46.2. The number of amides is 3. The van der Waals surface area contributed by atoms with E-state index in [0.29, 0.717) is 17.0 Å². The van der Waals surface area contributed by atoms with Crippen molar-refractivity contribution in [3.05, 3.63) is 77.0 Å². The Labute approximate surface area is 306 Å². The number of carbonyl (C=O) groups excluding carboxylic acids is 3. The summed E-state index contributed by atoms with van der Waals surface area (Å²) in [6, 6.07) is 13.8. The number of allylic oxidation sites excluding steroid dienone is 1. The lowest BCUT2D eigenvalue weighted by molar-refractivity contribution is -0.247. The molecule has 0 spiro atoms. The maximum Gasteiger partial charge on any atom is 0.255 e. The summed E-state index contributed by atoms with van der Waals surface area (Å²) < 4.78 is 13.2. The Kier molecular flexibility index (Phi) is 8.27. The van der Waals surface area contributed by atoms with Gasteiger partial charge in [-0.1, -0.05) is 64.6 Å². The zero-order chi connectivity index (χ0) is 38.9. The van der Waals surface area contributed by atoms with E-state index < -0.39 is 49.8 Å². The average molecular weight is 700 g/mol. The van der Waals surface area contributed by atoms with Gasteiger partial charge in [-0.3, -0.25) is 14.4 Å². The van der Waals surface area contributed by atoms with Gasteiger partial charge in [-0.15, -0.1) is 0 Å². The molecule has 2 aromatic rings. The SMILES string of the molecule is C=C1NC(=O)[C@@](C)(N2C(=O)c3cccc(OC(C)(C)c4ccc(C(C)(C)N5C(=O)C(C)(C)OC(C)(C)C5(C)C)cc4)c3C2(C)C)C(C)(C)C1(C)C. The van der Waals surface area contributed by atoms with E-state index in [-0.39, 0.29) is 17.7 Å². The quantitative estimate of drug-likeness (QED) is 0.327. The number of fused-ring (bicyclic) bond motifs is 1. The van der Waals surface area contributed by atoms with Gasteiger partial charge in [0.1, 0.15) is 22.5 Å². The molecular formula is C43H61N3O5. The first-order valence-corrected chi connectivity index (χ1v) is 18.2. The summed E-state index contributed by atoms with van der Waals surface area (Å²) in [6.45, 7) is 38.4. The second kappa shape index (κ2) is 10.9. The van der Waals surface area contributed by atoms with E-state index >= 15 is 0 Å². The van der Waals surface area contributed by atoms with Crippen LogP contribution < -0.4 is 10.1 Å². The van der Waals surface area contributed by atoms with Crippen LogP contribution in [0.4, 0.5) is 0 Å². The van der Waals surface area contributed by atoms with Gasteiger partial charge in [0.05, 0.1) is 22.2 Å². The fourth-order valence-electron chi connectivity index (χ4n) is 9.03. The Morgan fingerprint density at radius 2 is 1.29 bits per heavy atom. The molecular weight excluding hydrogens is 638 g/mol. The molecule has 2 saturated heterocycles. The summed E-state index contributed by atoms with van der Waals surface area (Å²) >= 11 is 0. The molecule has 0 aliphatic carbocycles. The standard InChI is InChI=1S/C43H61N3O5/c1-26-35(2,3)40(12,13)43(18,33(48)44-26)45-32(47)29-20-19-21-30(31(29)37(45,6)7)50-38(8,9)28-24-22-27(23-25-28)36(4,5)46-34(49)39(10,11)51-42(16,17)41(46,14)15/h19-25H,1H2,2-18H3,(H,44,48)/t43-/m1/s1. The number of benzene rings is 2. The van der Waals surface area contributed by atoms with Gasteiger partial charge in [0.25, 0.3) is 11.8 Å². The molecule has 2 fully saturated rings. The van der Waals surface area contributed by atoms with Gasteiger partial charge in [-0.25, -0.2) is 0 Å². The van der Waals surface area contributed by atoms with Crippen molar-refractivity contribution in [2.75, 3.05) is 0 Å². The van der Waals surface area contributed by atoms with Gasteiger partial charge in [0.15, 0.2) is 0 Å². The number of ether oxygens (including phenoxy) is 2. The highest BCUT2D eigenvalue weighted by molar-refractivity contribution is 6.05. The van der Waals surface area contributed by atoms with Crippen LogP contribution in [0.5, 0.6) is 5.75 Å². The van der Waals surface area contributed by atoms with Crippen LogP contribution in [0.2, 0.25) is 0 Å². The van der Waals surface area contributed by atoms with Crippen LogP contribution in [0.15, 0.2) is 54.7 Å². The predicted molar refractivity (Wildman–Crippen MR) is 202 cm³/mol. The Hall–Kier alpha value is -3.65. The minimum Gasteiger partial charge on any atom is -0.483 e. The molecule has 0 unspecified atom stereocenters. The fourth-order valence-corrected chi connectivity index (χ4v) is 9.03. The van der Waals surface area contributed by atoms with Crippen molar-refractivity contribution in [2.45, 2.75) is 157 Å². The maximum absolute atomic E-state index is 14.5. The van der Waals surface area contributed by atoms with E-state index in [0.717, 1.165) is 16.7 Å². The first kappa shape index (κ1) is 38.6. The third kappa shape index (κ3) is 5.05. The van der Waals surface area contributed by atoms with Gasteiger partial charge < -0.3 is 24.6 Å². The lowest BCUT2D eigenvalue weighted by Crippen LogP contribution is -2.74. The highest BCUT2D eigenvalue weighted by atomic mass is 16.5. The highest BCUT2D eigenvalue weighted by Gasteiger charge is 2.67. The van der Waals surface area contributed by atoms with E-state index in [1.54, 1.807) is 4.90 Å². The number of hydrogen-bond donors (Lipinski definition) is 1. The van der Waals surface area contributed by atoms with Crippen LogP contribution in [0.25, 0.3) is 0 Å². The third-order valence-electron chi connectivity index (χ3n) is 13.8. The first-order valence-electron chi connectivity index (χ1n) is 18.2. The molecule has 3 aliphatic heterocycles. The van der Waals surface area contributed by atoms with E-state index in [2.05, 4.69) is 77.7 Å². The predicted octanol–water partition coefficient (Wildman–Crippen LogP) is 8.58. The summed E-state index contributed by atoms with van der Waals surface area (Å²) in [5.41, 5.74) is -2.99. The van der Waals surface area contributed by atoms with Gasteiger partial charge >= 0.3 is 0 Å². The molecule has 3 amide bonds. The topological polar surface area (TPSA) is 88.2 Å². The van der Waals surface area contributed by atoms with Crippen LogP contribution >= 0.6 is 0 Å². The minimum atomic E-state index is -1.20. The maximum atomic E-state index is 14.5. The van der Waals surface area contributed by atoms with Crippen LogP contribution in [0, 0.1) is 10.8 Å². The van der Waals surface area contributed by atoms with Crippen molar-refractivity contribution in [1.29, 1.82) is 0 Å². The van der Waals surface area contributed by atoms with Gasteiger partial charge in [0, 0.05) is 27.7 Å². The van der Waals surface area contributed by atoms with E-state index in [1.807, 2.05) is 99.3 Å². The van der Waals surface area contributed by atoms with Crippen molar-refractivity contribution in [3.8, 4) is 5.75 Å². The molecule has 2 aromatic carbocycles. The number of piperidine rings is 1. The average Bonchev–Trinajstić information content (AvgIpc) is 3.19. The largest absolute Gasteiger partial charge is 0.483 e. The van der Waals surface area contributed by atoms with Crippen LogP contribution in [-0.4, -0.2) is 49.8 Å². The molecule has 5 rings (SSSR count). The van der Waals surface area contributed by atoms with Crippen LogP contribution in [0.3, 0.4) is 0 Å². The lowest BCUT2D eigenvalue weighted by atomic mass is 9.53. The van der Waals surface area contributed by atoms with E-state index in [9.17, 15) is 14.4 Å². The van der Waals surface area contributed by atoms with Crippen molar-refractivity contribution in [3.63, 3.8) is 0 Å². The molecule has 3 heterocycles. The summed E-state index contributed by atoms with van der Waals surface area (Å²) in [6.07, 6.45) is 0. The van der Waals surface area contributed by atoms with Crippen molar-refractivity contribution >= 4 is 17.7 Å². The molecule has 1 N–H and O–H groups in total. The summed E-state index contributed by atoms with van der Waals surface area (Å²) in [5.74, 6) is 0.0938. The van der Waals surface area contributed by atoms with Crippen molar-refractivity contribution < 1.29 is 23.9 Å². The van der Waals surface area contributed by atoms with Crippen LogP contribution in [0.1, 0.15) is 145 Å². The van der Waals surface area contributed by atoms with E-state index in [1.165, 1.54) is 0 Å². The van der Waals surface area contributed by atoms with Gasteiger partial charge in [-0.2, -0.15) is 0 Å². The van der Waals surface area contributed by atoms with Gasteiger partial charge in [0.2, 0.25) is 5.91 Å². The first-order chi connectivity index (χ1) is 22.8. The zero-order valence-electron chi connectivity index (χ0n) is 34.2. The fraction of sp³-hybridized carbons (Fsp3) is 0.605. The number of hydrogen-bond acceptors (Lipinski definition) is 5. The molecule has 0 aromatic heterocycles. The second-order valence-electron chi connectivity index (χ2n) is 19.2. The van der Waals surface area contributed by atoms with Crippen molar-refractivity contribution in [1.82, 2.24) is 15.1 Å². The Morgan fingerprint density at radius 3 is 1.84 bits per heavy atom. The second-order valence-corrected chi connectivity index (χ2v) is 19.2. The molecule has 1 atom stereocenters. The molecule has 0 radical (unpaired) electrons. The summed E-state index contributed by atoms with van der Waals surface area (Å²) in [5, 5.41) is 3.02. The van der Waals surface area contributed by atoms with Crippen LogP contribution in [-0.2, 0) is 31.0 Å². The number of rotatable bonds is 6. The molecule has 278 valence electrons. The minimum absolute atomic E-state index is 0.0508. The molecule has 3 aliphatic rings. The van der Waals surface area contributed by atoms with Gasteiger partial charge in [-0.05, 0) is 113 Å². The third-order valence-corrected chi connectivity index (χ3v) is 13.8. The Balaban J connectivity index is 1.50. The van der Waals surface area contributed by atoms with Crippen molar-refractivity contribution in [2.24, 2.45) is 10.8 Å². The van der Waals surface area contributed by atoms with E-state index in [4.69, 9.17) is 9.47 Å². The Bertz CT molecular complexity index is 1830. The molecule has 8 heteroatoms. The monoisotopic (exact) mass is 699 g/mol. The molecule has 8 nitrogen and oxygen atoms in total. The normalized spacial score (nSPS) is 26.1. The number of nitrogens with one attached hydrogen (secondary N) is 1. The smallest absolute Gasteiger partial charge is 0.255 e. The number of carbonyl (C=O) groups is 3. The molecule has 51 heavy (non-hydrogen) atoms.